The number of hydrogen-bond acceptors (Lipinski definition) is 2. The van der Waals surface area contributed by atoms with E-state index >= 15 is 0 Å². The molecule has 2 fully saturated rings. The first-order valence-electron chi connectivity index (χ1n) is 7.78. The molecule has 0 aliphatic heterocycles. The van der Waals surface area contributed by atoms with Crippen molar-refractivity contribution in [3.05, 3.63) is 41.0 Å². The fraction of sp³-hybridized carbons (Fsp3) is 0.444. The molecule has 3 unspecified atom stereocenters. The summed E-state index contributed by atoms with van der Waals surface area (Å²) in [6.07, 6.45) is 6.06. The number of ketones is 1. The molecule has 108 valence electrons. The van der Waals surface area contributed by atoms with Gasteiger partial charge in [0.15, 0.2) is 5.78 Å². The fourth-order valence-corrected chi connectivity index (χ4v) is 4.41. The maximum absolute atomic E-state index is 12.5. The minimum atomic E-state index is 0.282. The monoisotopic (exact) mass is 299 g/mol. The Labute approximate surface area is 129 Å². The summed E-state index contributed by atoms with van der Waals surface area (Å²) in [5.41, 5.74) is 1.66. The van der Waals surface area contributed by atoms with E-state index in [4.69, 9.17) is 11.6 Å². The van der Waals surface area contributed by atoms with Crippen LogP contribution in [0.2, 0.25) is 5.15 Å². The molecule has 0 N–H and O–H groups in total. The number of carbonyl (C=O) groups is 1. The molecule has 2 saturated carbocycles. The molecule has 2 aliphatic carbocycles. The summed E-state index contributed by atoms with van der Waals surface area (Å²) in [6.45, 7) is 0. The third-order valence-corrected chi connectivity index (χ3v) is 5.52. The molecule has 1 aromatic heterocycles. The van der Waals surface area contributed by atoms with Gasteiger partial charge in [-0.1, -0.05) is 18.0 Å². The van der Waals surface area contributed by atoms with Crippen molar-refractivity contribution in [2.75, 3.05) is 0 Å². The molecule has 0 radical (unpaired) electrons. The van der Waals surface area contributed by atoms with E-state index < -0.39 is 0 Å². The van der Waals surface area contributed by atoms with Crippen LogP contribution in [0.25, 0.3) is 10.9 Å². The van der Waals surface area contributed by atoms with E-state index in [1.54, 1.807) is 6.07 Å². The molecular weight excluding hydrogens is 282 g/mol. The minimum absolute atomic E-state index is 0.282. The quantitative estimate of drug-likeness (QED) is 0.596. The van der Waals surface area contributed by atoms with Gasteiger partial charge in [-0.2, -0.15) is 0 Å². The van der Waals surface area contributed by atoms with E-state index in [2.05, 4.69) is 4.98 Å². The van der Waals surface area contributed by atoms with Crippen LogP contribution in [0.5, 0.6) is 0 Å². The minimum Gasteiger partial charge on any atom is -0.294 e. The highest BCUT2D eigenvalue weighted by atomic mass is 35.5. The predicted octanol–water partition coefficient (Wildman–Crippen LogP) is 4.90. The summed E-state index contributed by atoms with van der Waals surface area (Å²) in [5.74, 6) is 2.61. The zero-order valence-corrected chi connectivity index (χ0v) is 12.6. The average molecular weight is 300 g/mol. The van der Waals surface area contributed by atoms with Gasteiger partial charge in [-0.25, -0.2) is 4.98 Å². The third kappa shape index (κ3) is 2.46. The molecule has 0 amide bonds. The van der Waals surface area contributed by atoms with Gasteiger partial charge >= 0.3 is 0 Å². The highest BCUT2D eigenvalue weighted by Gasteiger charge is 2.40. The number of hydrogen-bond donors (Lipinski definition) is 0. The molecule has 3 heteroatoms. The number of Topliss-reactive ketones (excluding diaryl/α,β-unsaturated/α-hetero) is 1. The molecule has 1 aromatic carbocycles. The van der Waals surface area contributed by atoms with Crippen LogP contribution in [0, 0.1) is 17.8 Å². The normalized spacial score (nSPS) is 27.4. The highest BCUT2D eigenvalue weighted by molar-refractivity contribution is 6.29. The Bertz CT molecular complexity index is 711. The first-order valence-corrected chi connectivity index (χ1v) is 8.16. The van der Waals surface area contributed by atoms with Gasteiger partial charge in [0.1, 0.15) is 5.15 Å². The van der Waals surface area contributed by atoms with Crippen molar-refractivity contribution in [1.82, 2.24) is 4.98 Å². The molecular formula is C18H18ClNO. The molecule has 3 atom stereocenters. The van der Waals surface area contributed by atoms with Gasteiger partial charge in [-0.15, -0.1) is 0 Å². The van der Waals surface area contributed by atoms with Crippen LogP contribution in [0.4, 0.5) is 0 Å². The van der Waals surface area contributed by atoms with Crippen molar-refractivity contribution in [2.45, 2.75) is 32.1 Å². The van der Waals surface area contributed by atoms with Gasteiger partial charge in [0.2, 0.25) is 0 Å². The second-order valence-electron chi connectivity index (χ2n) is 6.60. The van der Waals surface area contributed by atoms with Crippen molar-refractivity contribution in [1.29, 1.82) is 0 Å². The van der Waals surface area contributed by atoms with E-state index in [1.807, 2.05) is 24.3 Å². The molecule has 21 heavy (non-hydrogen) atoms. The van der Waals surface area contributed by atoms with E-state index in [0.717, 1.165) is 28.3 Å². The Balaban J connectivity index is 1.55. The maximum Gasteiger partial charge on any atom is 0.163 e. The van der Waals surface area contributed by atoms with Crippen LogP contribution in [-0.2, 0) is 0 Å². The molecule has 2 aromatic rings. The number of benzene rings is 1. The molecule has 2 aliphatic rings. The van der Waals surface area contributed by atoms with Gasteiger partial charge in [0.25, 0.3) is 0 Å². The summed E-state index contributed by atoms with van der Waals surface area (Å²) in [5, 5.41) is 1.47. The summed E-state index contributed by atoms with van der Waals surface area (Å²) < 4.78 is 0. The number of nitrogens with zero attached hydrogens (tertiary/aromatic N) is 1. The molecule has 2 bridgehead atoms. The van der Waals surface area contributed by atoms with Crippen LogP contribution >= 0.6 is 11.6 Å². The SMILES string of the molecule is O=C(CC1CC2CCC1C2)c1ccc2nc(Cl)ccc2c1. The Morgan fingerprint density at radius 3 is 2.86 bits per heavy atom. The summed E-state index contributed by atoms with van der Waals surface area (Å²) in [6, 6.07) is 9.44. The van der Waals surface area contributed by atoms with Gasteiger partial charge in [-0.05, 0) is 67.3 Å². The van der Waals surface area contributed by atoms with Crippen molar-refractivity contribution >= 4 is 28.3 Å². The number of carbonyl (C=O) groups excluding carboxylic acids is 1. The number of aromatic nitrogens is 1. The Hall–Kier alpha value is -1.41. The van der Waals surface area contributed by atoms with Crippen molar-refractivity contribution in [2.24, 2.45) is 17.8 Å². The van der Waals surface area contributed by atoms with Crippen LogP contribution in [0.15, 0.2) is 30.3 Å². The van der Waals surface area contributed by atoms with Gasteiger partial charge in [-0.3, -0.25) is 4.79 Å². The first kappa shape index (κ1) is 13.3. The standard InChI is InChI=1S/C18H18ClNO/c19-18-6-4-13-9-14(3-5-16(13)20-18)17(21)10-15-8-11-1-2-12(15)7-11/h3-6,9,11-12,15H,1-2,7-8,10H2. The van der Waals surface area contributed by atoms with Crippen molar-refractivity contribution < 1.29 is 4.79 Å². The molecule has 0 saturated heterocycles. The molecule has 2 nitrogen and oxygen atoms in total. The van der Waals surface area contributed by atoms with Crippen molar-refractivity contribution in [3.8, 4) is 0 Å². The Morgan fingerprint density at radius 2 is 2.10 bits per heavy atom. The van der Waals surface area contributed by atoms with Gasteiger partial charge in [0, 0.05) is 17.4 Å². The van der Waals surface area contributed by atoms with Gasteiger partial charge in [0.05, 0.1) is 5.52 Å². The zero-order valence-electron chi connectivity index (χ0n) is 11.9. The lowest BCUT2D eigenvalue weighted by Gasteiger charge is -2.20. The van der Waals surface area contributed by atoms with Crippen LogP contribution in [0.1, 0.15) is 42.5 Å². The lowest BCUT2D eigenvalue weighted by atomic mass is 9.84. The molecule has 1 heterocycles. The zero-order chi connectivity index (χ0) is 14.4. The van der Waals surface area contributed by atoms with Crippen LogP contribution in [-0.4, -0.2) is 10.8 Å². The predicted molar refractivity (Wildman–Crippen MR) is 84.6 cm³/mol. The maximum atomic E-state index is 12.5. The molecule has 4 rings (SSSR count). The van der Waals surface area contributed by atoms with E-state index in [0.29, 0.717) is 17.5 Å². The van der Waals surface area contributed by atoms with Crippen LogP contribution in [0.3, 0.4) is 0 Å². The van der Waals surface area contributed by atoms with E-state index in [-0.39, 0.29) is 5.78 Å². The Kier molecular flexibility index (Phi) is 3.22. The fourth-order valence-electron chi connectivity index (χ4n) is 4.26. The number of fused-ring (bicyclic) bond motifs is 3. The first-order chi connectivity index (χ1) is 10.2. The summed E-state index contributed by atoms with van der Waals surface area (Å²) in [4.78, 5) is 16.8. The van der Waals surface area contributed by atoms with E-state index in [9.17, 15) is 4.79 Å². The number of pyridine rings is 1. The lowest BCUT2D eigenvalue weighted by molar-refractivity contribution is 0.0944. The average Bonchev–Trinajstić information content (AvgIpc) is 3.09. The number of halogens is 1. The lowest BCUT2D eigenvalue weighted by Crippen LogP contribution is -2.15. The second kappa shape index (κ2) is 5.10. The summed E-state index contributed by atoms with van der Waals surface area (Å²) in [7, 11) is 0. The largest absolute Gasteiger partial charge is 0.294 e. The smallest absolute Gasteiger partial charge is 0.163 e. The third-order valence-electron chi connectivity index (χ3n) is 5.31. The summed E-state index contributed by atoms with van der Waals surface area (Å²) >= 11 is 5.89. The topological polar surface area (TPSA) is 30.0 Å². The number of rotatable bonds is 3. The van der Waals surface area contributed by atoms with E-state index in [1.165, 1.54) is 25.7 Å². The van der Waals surface area contributed by atoms with Crippen molar-refractivity contribution in [3.63, 3.8) is 0 Å². The highest BCUT2D eigenvalue weighted by Crippen LogP contribution is 2.49. The Morgan fingerprint density at radius 1 is 1.19 bits per heavy atom. The molecule has 0 spiro atoms. The van der Waals surface area contributed by atoms with Crippen LogP contribution < -0.4 is 0 Å². The van der Waals surface area contributed by atoms with Gasteiger partial charge < -0.3 is 0 Å². The second-order valence-corrected chi connectivity index (χ2v) is 6.99.